The minimum atomic E-state index is -0.0794. The van der Waals surface area contributed by atoms with Gasteiger partial charge in [-0.15, -0.1) is 11.3 Å². The Labute approximate surface area is 83.4 Å². The van der Waals surface area contributed by atoms with Gasteiger partial charge in [0.25, 0.3) is 0 Å². The summed E-state index contributed by atoms with van der Waals surface area (Å²) in [4.78, 5) is 1.42. The lowest BCUT2D eigenvalue weighted by Gasteiger charge is -2.17. The molecule has 0 aromatic carbocycles. The zero-order valence-corrected chi connectivity index (χ0v) is 8.97. The summed E-state index contributed by atoms with van der Waals surface area (Å²) in [7, 11) is 0. The fourth-order valence-electron chi connectivity index (χ4n) is 2.36. The van der Waals surface area contributed by atoms with E-state index in [1.807, 2.05) is 11.3 Å². The highest BCUT2D eigenvalue weighted by atomic mass is 32.1. The number of aliphatic hydroxyl groups excluding tert-OH is 1. The highest BCUT2D eigenvalue weighted by Gasteiger charge is 2.33. The van der Waals surface area contributed by atoms with Gasteiger partial charge < -0.3 is 5.11 Å². The first-order valence-electron chi connectivity index (χ1n) is 4.92. The van der Waals surface area contributed by atoms with Crippen molar-refractivity contribution in [2.75, 3.05) is 0 Å². The van der Waals surface area contributed by atoms with Crippen LogP contribution in [-0.2, 0) is 0 Å². The number of rotatable bonds is 1. The largest absolute Gasteiger partial charge is 0.393 e. The molecule has 1 N–H and O–H groups in total. The van der Waals surface area contributed by atoms with Crippen molar-refractivity contribution in [1.29, 1.82) is 0 Å². The van der Waals surface area contributed by atoms with Crippen molar-refractivity contribution in [3.8, 4) is 0 Å². The summed E-state index contributed by atoms with van der Waals surface area (Å²) >= 11 is 1.81. The van der Waals surface area contributed by atoms with Gasteiger partial charge in [-0.05, 0) is 48.6 Å². The zero-order valence-electron chi connectivity index (χ0n) is 8.16. The van der Waals surface area contributed by atoms with Gasteiger partial charge >= 0.3 is 0 Å². The molecule has 3 atom stereocenters. The molecule has 1 aliphatic rings. The van der Waals surface area contributed by atoms with Gasteiger partial charge in [0.1, 0.15) is 0 Å². The van der Waals surface area contributed by atoms with E-state index in [4.69, 9.17) is 0 Å². The number of hydrogen-bond acceptors (Lipinski definition) is 2. The Morgan fingerprint density at radius 3 is 2.69 bits per heavy atom. The number of thiophene rings is 1. The molecular formula is C11H16OS. The maximum absolute atomic E-state index is 9.66. The lowest BCUT2D eigenvalue weighted by molar-refractivity contribution is 0.136. The van der Waals surface area contributed by atoms with Gasteiger partial charge in [-0.2, -0.15) is 0 Å². The van der Waals surface area contributed by atoms with Gasteiger partial charge in [-0.1, -0.05) is 6.92 Å². The average molecular weight is 196 g/mol. The predicted octanol–water partition coefficient (Wildman–Crippen LogP) is 2.93. The van der Waals surface area contributed by atoms with Crippen LogP contribution in [0.2, 0.25) is 0 Å². The summed E-state index contributed by atoms with van der Waals surface area (Å²) in [5.41, 5.74) is 1.47. The minimum absolute atomic E-state index is 0.0794. The first-order valence-corrected chi connectivity index (χ1v) is 5.80. The highest BCUT2D eigenvalue weighted by molar-refractivity contribution is 7.10. The van der Waals surface area contributed by atoms with Crippen LogP contribution in [0.15, 0.2) is 11.4 Å². The standard InChI is InChI=1S/C11H16OS/c1-7-9(3-4-11(7)12)10-5-6-13-8(10)2/h5-7,9,11-12H,3-4H2,1-2H3. The average Bonchev–Trinajstić information content (AvgIpc) is 2.62. The maximum atomic E-state index is 9.66. The summed E-state index contributed by atoms with van der Waals surface area (Å²) in [6, 6.07) is 2.22. The highest BCUT2D eigenvalue weighted by Crippen LogP contribution is 2.41. The van der Waals surface area contributed by atoms with Crippen molar-refractivity contribution in [2.24, 2.45) is 5.92 Å². The molecular weight excluding hydrogens is 180 g/mol. The Kier molecular flexibility index (Phi) is 2.43. The van der Waals surface area contributed by atoms with Crippen molar-refractivity contribution >= 4 is 11.3 Å². The monoisotopic (exact) mass is 196 g/mol. The smallest absolute Gasteiger partial charge is 0.0571 e. The summed E-state index contributed by atoms with van der Waals surface area (Å²) in [5.74, 6) is 1.04. The van der Waals surface area contributed by atoms with E-state index in [2.05, 4.69) is 25.3 Å². The van der Waals surface area contributed by atoms with E-state index in [0.29, 0.717) is 11.8 Å². The Hall–Kier alpha value is -0.340. The molecule has 72 valence electrons. The Morgan fingerprint density at radius 2 is 2.23 bits per heavy atom. The van der Waals surface area contributed by atoms with Crippen molar-refractivity contribution in [1.82, 2.24) is 0 Å². The molecule has 1 saturated carbocycles. The van der Waals surface area contributed by atoms with E-state index in [1.54, 1.807) is 0 Å². The van der Waals surface area contributed by atoms with Crippen LogP contribution in [0.4, 0.5) is 0 Å². The number of aliphatic hydroxyl groups is 1. The molecule has 1 heterocycles. The van der Waals surface area contributed by atoms with E-state index < -0.39 is 0 Å². The van der Waals surface area contributed by atoms with Gasteiger partial charge in [-0.25, -0.2) is 0 Å². The predicted molar refractivity (Wildman–Crippen MR) is 56.2 cm³/mol. The Morgan fingerprint density at radius 1 is 1.46 bits per heavy atom. The summed E-state index contributed by atoms with van der Waals surface area (Å²) < 4.78 is 0. The zero-order chi connectivity index (χ0) is 9.42. The quantitative estimate of drug-likeness (QED) is 0.732. The van der Waals surface area contributed by atoms with Gasteiger partial charge in [-0.3, -0.25) is 0 Å². The molecule has 3 unspecified atom stereocenters. The summed E-state index contributed by atoms with van der Waals surface area (Å²) in [6.07, 6.45) is 2.05. The van der Waals surface area contributed by atoms with Crippen LogP contribution >= 0.6 is 11.3 Å². The van der Waals surface area contributed by atoms with Crippen LogP contribution in [0.3, 0.4) is 0 Å². The van der Waals surface area contributed by atoms with Crippen molar-refractivity contribution < 1.29 is 5.11 Å². The van der Waals surface area contributed by atoms with Gasteiger partial charge in [0, 0.05) is 4.88 Å². The summed E-state index contributed by atoms with van der Waals surface area (Å²) in [5, 5.41) is 11.8. The molecule has 2 rings (SSSR count). The van der Waals surface area contributed by atoms with Crippen LogP contribution in [0, 0.1) is 12.8 Å². The lowest BCUT2D eigenvalue weighted by atomic mass is 9.90. The molecule has 1 aromatic rings. The van der Waals surface area contributed by atoms with Gasteiger partial charge in [0.05, 0.1) is 6.10 Å². The van der Waals surface area contributed by atoms with Crippen LogP contribution in [0.1, 0.15) is 36.1 Å². The molecule has 0 bridgehead atoms. The Bertz CT molecular complexity index is 292. The molecule has 1 nitrogen and oxygen atoms in total. The number of aryl methyl sites for hydroxylation is 1. The summed E-state index contributed by atoms with van der Waals surface area (Å²) in [6.45, 7) is 4.34. The fraction of sp³-hybridized carbons (Fsp3) is 0.636. The van der Waals surface area contributed by atoms with Gasteiger partial charge in [0.15, 0.2) is 0 Å². The van der Waals surface area contributed by atoms with Crippen LogP contribution < -0.4 is 0 Å². The Balaban J connectivity index is 2.23. The van der Waals surface area contributed by atoms with Crippen LogP contribution in [0.5, 0.6) is 0 Å². The maximum Gasteiger partial charge on any atom is 0.0571 e. The molecule has 1 aromatic heterocycles. The molecule has 13 heavy (non-hydrogen) atoms. The molecule has 0 aliphatic heterocycles. The van der Waals surface area contributed by atoms with E-state index in [-0.39, 0.29) is 6.10 Å². The second kappa shape index (κ2) is 3.43. The number of hydrogen-bond donors (Lipinski definition) is 1. The van der Waals surface area contributed by atoms with Crippen LogP contribution in [0.25, 0.3) is 0 Å². The molecule has 2 heteroatoms. The third-order valence-corrected chi connectivity index (χ3v) is 4.17. The fourth-order valence-corrected chi connectivity index (χ4v) is 3.14. The van der Waals surface area contributed by atoms with Crippen molar-refractivity contribution in [2.45, 2.75) is 38.7 Å². The second-order valence-corrected chi connectivity index (χ2v) is 5.16. The van der Waals surface area contributed by atoms with E-state index in [1.165, 1.54) is 10.4 Å². The van der Waals surface area contributed by atoms with E-state index in [0.717, 1.165) is 12.8 Å². The topological polar surface area (TPSA) is 20.2 Å². The van der Waals surface area contributed by atoms with Crippen molar-refractivity contribution in [3.63, 3.8) is 0 Å². The molecule has 0 spiro atoms. The first kappa shape index (κ1) is 9.22. The molecule has 1 fully saturated rings. The van der Waals surface area contributed by atoms with Crippen molar-refractivity contribution in [3.05, 3.63) is 21.9 Å². The molecule has 1 aliphatic carbocycles. The normalized spacial score (nSPS) is 33.9. The molecule has 0 saturated heterocycles. The minimum Gasteiger partial charge on any atom is -0.393 e. The third kappa shape index (κ3) is 1.53. The molecule has 0 radical (unpaired) electrons. The van der Waals surface area contributed by atoms with Gasteiger partial charge in [0.2, 0.25) is 0 Å². The second-order valence-electron chi connectivity index (χ2n) is 4.04. The van der Waals surface area contributed by atoms with E-state index in [9.17, 15) is 5.11 Å². The molecule has 0 amide bonds. The first-order chi connectivity index (χ1) is 6.20. The van der Waals surface area contributed by atoms with E-state index >= 15 is 0 Å². The van der Waals surface area contributed by atoms with Crippen LogP contribution in [-0.4, -0.2) is 11.2 Å². The SMILES string of the molecule is Cc1sccc1C1CCC(O)C1C. The lowest BCUT2D eigenvalue weighted by Crippen LogP contribution is -2.14. The third-order valence-electron chi connectivity index (χ3n) is 3.31.